The van der Waals surface area contributed by atoms with E-state index < -0.39 is 6.10 Å². The molecule has 0 saturated carbocycles. The third-order valence-corrected chi connectivity index (χ3v) is 4.60. The number of fused-ring (bicyclic) bond motifs is 1. The van der Waals surface area contributed by atoms with Gasteiger partial charge in [-0.2, -0.15) is 0 Å². The fourth-order valence-electron chi connectivity index (χ4n) is 2.89. The molecule has 0 spiro atoms. The summed E-state index contributed by atoms with van der Waals surface area (Å²) in [5.41, 5.74) is 1.07. The zero-order valence-electron chi connectivity index (χ0n) is 15.3. The van der Waals surface area contributed by atoms with Gasteiger partial charge in [0.05, 0.1) is 12.2 Å². The summed E-state index contributed by atoms with van der Waals surface area (Å²) < 4.78 is 5.69. The van der Waals surface area contributed by atoms with Crippen molar-refractivity contribution in [3.8, 4) is 5.75 Å². The third kappa shape index (κ3) is 4.43. The van der Waals surface area contributed by atoms with Crippen LogP contribution in [0.4, 0.5) is 5.69 Å². The molecule has 0 radical (unpaired) electrons. The van der Waals surface area contributed by atoms with Gasteiger partial charge >= 0.3 is 0 Å². The highest BCUT2D eigenvalue weighted by Crippen LogP contribution is 2.33. The molecule has 0 saturated heterocycles. The zero-order chi connectivity index (χ0) is 20.1. The van der Waals surface area contributed by atoms with Gasteiger partial charge in [-0.3, -0.25) is 14.4 Å². The lowest BCUT2D eigenvalue weighted by atomic mass is 10.1. The van der Waals surface area contributed by atoms with Crippen molar-refractivity contribution in [1.82, 2.24) is 10.6 Å². The van der Waals surface area contributed by atoms with Crippen molar-refractivity contribution in [3.05, 3.63) is 59.1 Å². The van der Waals surface area contributed by atoms with Crippen molar-refractivity contribution in [2.45, 2.75) is 12.5 Å². The molecule has 2 aromatic carbocycles. The molecule has 2 aromatic rings. The zero-order valence-corrected chi connectivity index (χ0v) is 16.0. The second kappa shape index (κ2) is 8.75. The molecule has 8 heteroatoms. The molecular formula is C20H20ClN3O4. The van der Waals surface area contributed by atoms with E-state index in [1.165, 1.54) is 11.9 Å². The number of nitrogens with one attached hydrogen (secondary N) is 2. The molecule has 3 rings (SSSR count). The Hall–Kier alpha value is -3.06. The van der Waals surface area contributed by atoms with Crippen molar-refractivity contribution in [3.63, 3.8) is 0 Å². The fraction of sp³-hybridized carbons (Fsp3) is 0.250. The van der Waals surface area contributed by atoms with E-state index in [0.717, 1.165) is 0 Å². The number of rotatable bonds is 5. The molecule has 1 heterocycles. The van der Waals surface area contributed by atoms with Gasteiger partial charge in [-0.05, 0) is 36.4 Å². The second-order valence-electron chi connectivity index (χ2n) is 6.21. The topological polar surface area (TPSA) is 87.7 Å². The van der Waals surface area contributed by atoms with E-state index in [9.17, 15) is 14.4 Å². The number of carbonyl (C=O) groups is 3. The maximum Gasteiger partial charge on any atom is 0.262 e. The van der Waals surface area contributed by atoms with Crippen LogP contribution >= 0.6 is 11.6 Å². The lowest BCUT2D eigenvalue weighted by molar-refractivity contribution is -0.127. The number of para-hydroxylation sites is 2. The van der Waals surface area contributed by atoms with E-state index >= 15 is 0 Å². The Labute approximate surface area is 167 Å². The molecule has 3 amide bonds. The summed E-state index contributed by atoms with van der Waals surface area (Å²) in [5, 5.41) is 5.80. The quantitative estimate of drug-likeness (QED) is 0.802. The molecule has 0 bridgehead atoms. The Morgan fingerprint density at radius 2 is 1.86 bits per heavy atom. The highest BCUT2D eigenvalue weighted by atomic mass is 35.5. The first-order valence-electron chi connectivity index (χ1n) is 8.81. The van der Waals surface area contributed by atoms with E-state index in [-0.39, 0.29) is 37.2 Å². The normalized spacial score (nSPS) is 15.2. The average Bonchev–Trinajstić information content (AvgIpc) is 2.72. The summed E-state index contributed by atoms with van der Waals surface area (Å²) in [6.07, 6.45) is -0.693. The minimum atomic E-state index is -0.785. The van der Waals surface area contributed by atoms with Gasteiger partial charge in [-0.15, -0.1) is 0 Å². The van der Waals surface area contributed by atoms with Crippen LogP contribution in [0.2, 0.25) is 5.02 Å². The first kappa shape index (κ1) is 19.7. The summed E-state index contributed by atoms with van der Waals surface area (Å²) in [6.45, 7) is 0.283. The predicted octanol–water partition coefficient (Wildman–Crippen LogP) is 2.00. The maximum absolute atomic E-state index is 12.7. The Morgan fingerprint density at radius 3 is 2.57 bits per heavy atom. The van der Waals surface area contributed by atoms with E-state index in [1.54, 1.807) is 48.5 Å². The van der Waals surface area contributed by atoms with Gasteiger partial charge < -0.3 is 20.3 Å². The average molecular weight is 402 g/mol. The van der Waals surface area contributed by atoms with Crippen LogP contribution < -0.4 is 20.3 Å². The number of anilines is 1. The lowest BCUT2D eigenvalue weighted by Crippen LogP contribution is -2.50. The summed E-state index contributed by atoms with van der Waals surface area (Å²) in [4.78, 5) is 38.4. The molecule has 0 aliphatic carbocycles. The lowest BCUT2D eigenvalue weighted by Gasteiger charge is -2.34. The summed E-state index contributed by atoms with van der Waals surface area (Å²) in [5.74, 6) is -0.319. The van der Waals surface area contributed by atoms with Crippen molar-refractivity contribution in [2.24, 2.45) is 0 Å². The molecule has 7 nitrogen and oxygen atoms in total. The van der Waals surface area contributed by atoms with Crippen LogP contribution in [0.3, 0.4) is 0 Å². The number of likely N-dealkylation sites (N-methyl/N-ethyl adjacent to an activating group) is 1. The highest BCUT2D eigenvalue weighted by Gasteiger charge is 2.33. The third-order valence-electron chi connectivity index (χ3n) is 4.34. The number of halogens is 1. The molecule has 0 aromatic heterocycles. The Morgan fingerprint density at radius 1 is 1.14 bits per heavy atom. The van der Waals surface area contributed by atoms with Crippen molar-refractivity contribution in [2.75, 3.05) is 25.0 Å². The van der Waals surface area contributed by atoms with Crippen molar-refractivity contribution < 1.29 is 19.1 Å². The van der Waals surface area contributed by atoms with Gasteiger partial charge in [0.1, 0.15) is 5.75 Å². The molecule has 28 heavy (non-hydrogen) atoms. The van der Waals surface area contributed by atoms with Gasteiger partial charge in [0.2, 0.25) is 5.91 Å². The smallest absolute Gasteiger partial charge is 0.262 e. The number of hydrogen-bond donors (Lipinski definition) is 2. The molecule has 0 fully saturated rings. The highest BCUT2D eigenvalue weighted by molar-refractivity contribution is 6.30. The van der Waals surface area contributed by atoms with Gasteiger partial charge in [-0.1, -0.05) is 23.7 Å². The van der Waals surface area contributed by atoms with E-state index in [4.69, 9.17) is 16.3 Å². The molecule has 1 aliphatic rings. The van der Waals surface area contributed by atoms with E-state index in [2.05, 4.69) is 10.6 Å². The predicted molar refractivity (Wildman–Crippen MR) is 106 cm³/mol. The van der Waals surface area contributed by atoms with Crippen LogP contribution in [-0.4, -0.2) is 44.0 Å². The van der Waals surface area contributed by atoms with Crippen molar-refractivity contribution in [1.29, 1.82) is 0 Å². The first-order chi connectivity index (χ1) is 13.5. The minimum absolute atomic E-state index is 0.0914. The summed E-state index contributed by atoms with van der Waals surface area (Å²) in [7, 11) is 1.52. The minimum Gasteiger partial charge on any atom is -0.477 e. The Kier molecular flexibility index (Phi) is 6.16. The summed E-state index contributed by atoms with van der Waals surface area (Å²) in [6, 6.07) is 13.5. The summed E-state index contributed by atoms with van der Waals surface area (Å²) >= 11 is 5.81. The number of nitrogens with zero attached hydrogens (tertiary/aromatic N) is 1. The Bertz CT molecular complexity index is 885. The first-order valence-corrected chi connectivity index (χ1v) is 9.19. The van der Waals surface area contributed by atoms with Crippen LogP contribution in [0.1, 0.15) is 16.8 Å². The van der Waals surface area contributed by atoms with Crippen molar-refractivity contribution >= 4 is 35.0 Å². The van der Waals surface area contributed by atoms with Crippen LogP contribution in [0, 0.1) is 0 Å². The van der Waals surface area contributed by atoms with Gasteiger partial charge in [-0.25, -0.2) is 0 Å². The van der Waals surface area contributed by atoms with Gasteiger partial charge in [0.25, 0.3) is 11.8 Å². The number of benzene rings is 2. The Balaban J connectivity index is 1.63. The van der Waals surface area contributed by atoms with Gasteiger partial charge in [0.15, 0.2) is 6.10 Å². The molecule has 2 N–H and O–H groups in total. The van der Waals surface area contributed by atoms with Crippen LogP contribution in [0.5, 0.6) is 5.75 Å². The molecule has 1 atom stereocenters. The van der Waals surface area contributed by atoms with Crippen LogP contribution in [0.25, 0.3) is 0 Å². The van der Waals surface area contributed by atoms with Gasteiger partial charge in [0, 0.05) is 30.6 Å². The molecule has 0 unspecified atom stereocenters. The number of hydrogen-bond acceptors (Lipinski definition) is 4. The number of ether oxygens (including phenoxy) is 1. The van der Waals surface area contributed by atoms with E-state index in [0.29, 0.717) is 22.0 Å². The second-order valence-corrected chi connectivity index (χ2v) is 6.64. The molecular weight excluding hydrogens is 382 g/mol. The largest absolute Gasteiger partial charge is 0.477 e. The molecule has 1 aliphatic heterocycles. The SMILES string of the molecule is CNC(=O)[C@@H]1CN(C(=O)CCNC(=O)c2ccc(Cl)cc2)c2ccccc2O1. The monoisotopic (exact) mass is 401 g/mol. The molecule has 146 valence electrons. The van der Waals surface area contributed by atoms with E-state index in [1.807, 2.05) is 0 Å². The maximum atomic E-state index is 12.7. The van der Waals surface area contributed by atoms with Crippen LogP contribution in [-0.2, 0) is 9.59 Å². The fourth-order valence-corrected chi connectivity index (χ4v) is 3.02. The standard InChI is InChI=1S/C20H20ClN3O4/c1-22-20(27)17-12-24(15-4-2-3-5-16(15)28-17)18(25)10-11-23-19(26)13-6-8-14(21)9-7-13/h2-9,17H,10-12H2,1H3,(H,22,27)(H,23,26)/t17-/m0/s1. The number of amides is 3. The number of carbonyl (C=O) groups excluding carboxylic acids is 3. The van der Waals surface area contributed by atoms with Crippen LogP contribution in [0.15, 0.2) is 48.5 Å².